The SMILES string of the molecule is CCN(/[N+]([O-])=N\OC1CCN(C(=O)C(F)(F)F)CC1)C(C)(C)C. The predicted octanol–water partition coefficient (Wildman–Crippen LogP) is 2.47. The molecule has 134 valence electrons. The number of rotatable bonds is 4. The Hall–Kier alpha value is -1.74. The summed E-state index contributed by atoms with van der Waals surface area (Å²) < 4.78 is 37.0. The molecule has 0 bridgehead atoms. The molecule has 1 fully saturated rings. The molecule has 1 aliphatic rings. The van der Waals surface area contributed by atoms with Crippen molar-refractivity contribution in [1.82, 2.24) is 9.91 Å². The Morgan fingerprint density at radius 2 is 1.87 bits per heavy atom. The Morgan fingerprint density at radius 3 is 2.26 bits per heavy atom. The van der Waals surface area contributed by atoms with Gasteiger partial charge in [-0.1, -0.05) is 0 Å². The normalized spacial score (nSPS) is 18.0. The van der Waals surface area contributed by atoms with Gasteiger partial charge in [0, 0.05) is 25.9 Å². The van der Waals surface area contributed by atoms with Gasteiger partial charge in [-0.3, -0.25) is 4.79 Å². The molecule has 1 aliphatic heterocycles. The van der Waals surface area contributed by atoms with Crippen LogP contribution in [0.1, 0.15) is 40.5 Å². The van der Waals surface area contributed by atoms with Crippen LogP contribution in [0.4, 0.5) is 13.2 Å². The van der Waals surface area contributed by atoms with Crippen LogP contribution in [0.3, 0.4) is 0 Å². The van der Waals surface area contributed by atoms with Crippen molar-refractivity contribution < 1.29 is 27.8 Å². The molecule has 7 nitrogen and oxygen atoms in total. The van der Waals surface area contributed by atoms with Crippen molar-refractivity contribution in [3.05, 3.63) is 5.21 Å². The summed E-state index contributed by atoms with van der Waals surface area (Å²) in [6.07, 6.45) is -4.96. The minimum atomic E-state index is -4.86. The number of hydrogen-bond donors (Lipinski definition) is 0. The van der Waals surface area contributed by atoms with Crippen LogP contribution in [0.25, 0.3) is 0 Å². The summed E-state index contributed by atoms with van der Waals surface area (Å²) in [5, 5.41) is 16.8. The molecule has 1 saturated heterocycles. The van der Waals surface area contributed by atoms with E-state index < -0.39 is 23.7 Å². The van der Waals surface area contributed by atoms with Crippen LogP contribution in [-0.4, -0.2) is 58.2 Å². The highest BCUT2D eigenvalue weighted by Gasteiger charge is 2.43. The third kappa shape index (κ3) is 5.43. The molecule has 0 aliphatic carbocycles. The maximum absolute atomic E-state index is 12.3. The monoisotopic (exact) mass is 340 g/mol. The predicted molar refractivity (Wildman–Crippen MR) is 74.9 cm³/mol. The first-order valence-corrected chi connectivity index (χ1v) is 7.44. The second-order valence-corrected chi connectivity index (χ2v) is 6.32. The van der Waals surface area contributed by atoms with Gasteiger partial charge in [-0.2, -0.15) is 13.2 Å². The number of hydrazine groups is 1. The molecule has 1 amide bonds. The number of alkyl halides is 3. The minimum Gasteiger partial charge on any atom is -0.569 e. The number of amides is 1. The fraction of sp³-hybridized carbons (Fsp3) is 0.923. The molecule has 0 aromatic heterocycles. The quantitative estimate of drug-likeness (QED) is 0.448. The average Bonchev–Trinajstić information content (AvgIpc) is 2.43. The average molecular weight is 340 g/mol. The number of piperidine rings is 1. The molecule has 0 saturated carbocycles. The Kier molecular flexibility index (Phi) is 6.06. The molecule has 0 unspecified atom stereocenters. The van der Waals surface area contributed by atoms with Crippen LogP contribution >= 0.6 is 0 Å². The molecule has 0 N–H and O–H groups in total. The Bertz CT molecular complexity index is 441. The maximum atomic E-state index is 12.3. The maximum Gasteiger partial charge on any atom is 0.471 e. The fourth-order valence-electron chi connectivity index (χ4n) is 2.35. The zero-order valence-corrected chi connectivity index (χ0v) is 13.8. The van der Waals surface area contributed by atoms with Crippen LogP contribution in [0.15, 0.2) is 5.28 Å². The highest BCUT2D eigenvalue weighted by Crippen LogP contribution is 2.22. The van der Waals surface area contributed by atoms with Crippen LogP contribution in [0.5, 0.6) is 0 Å². The van der Waals surface area contributed by atoms with Crippen molar-refractivity contribution >= 4 is 5.91 Å². The fourth-order valence-corrected chi connectivity index (χ4v) is 2.35. The van der Waals surface area contributed by atoms with Crippen molar-refractivity contribution in [2.24, 2.45) is 5.28 Å². The first-order chi connectivity index (χ1) is 10.5. The lowest BCUT2D eigenvalue weighted by atomic mass is 10.1. The highest BCUT2D eigenvalue weighted by molar-refractivity contribution is 5.81. The second-order valence-electron chi connectivity index (χ2n) is 6.32. The number of likely N-dealkylation sites (tertiary alicyclic amines) is 1. The Morgan fingerprint density at radius 1 is 1.35 bits per heavy atom. The van der Waals surface area contributed by atoms with Crippen LogP contribution in [-0.2, 0) is 9.63 Å². The van der Waals surface area contributed by atoms with Gasteiger partial charge in [0.2, 0.25) is 5.28 Å². The minimum absolute atomic E-state index is 0.0752. The van der Waals surface area contributed by atoms with E-state index in [4.69, 9.17) is 4.84 Å². The van der Waals surface area contributed by atoms with Gasteiger partial charge in [-0.05, 0) is 27.7 Å². The molecule has 10 heteroatoms. The third-order valence-corrected chi connectivity index (χ3v) is 3.52. The lowest BCUT2D eigenvalue weighted by Gasteiger charge is -2.31. The molecule has 0 spiro atoms. The van der Waals surface area contributed by atoms with Gasteiger partial charge < -0.3 is 14.9 Å². The van der Waals surface area contributed by atoms with E-state index in [1.807, 2.05) is 20.8 Å². The summed E-state index contributed by atoms with van der Waals surface area (Å²) in [6.45, 7) is 7.61. The summed E-state index contributed by atoms with van der Waals surface area (Å²) in [6, 6.07) is 0. The lowest BCUT2D eigenvalue weighted by Crippen LogP contribution is -2.47. The smallest absolute Gasteiger partial charge is 0.471 e. The number of carbonyl (C=O) groups excluding carboxylic acids is 1. The van der Waals surface area contributed by atoms with Crippen molar-refractivity contribution in [2.45, 2.75) is 58.4 Å². The standard InChI is InChI=1S/C13H23F3N4O3/c1-5-19(12(2,3)4)20(22)17-23-10-6-8-18(9-7-10)11(21)13(14,15)16/h10H,5-9H2,1-4H3/b20-17+. The molecular formula is C13H23F3N4O3. The van der Waals surface area contributed by atoms with Gasteiger partial charge in [-0.15, -0.1) is 5.01 Å². The third-order valence-electron chi connectivity index (χ3n) is 3.52. The van der Waals surface area contributed by atoms with Crippen LogP contribution < -0.4 is 0 Å². The number of carbonyl (C=O) groups is 1. The number of nitrogens with zero attached hydrogens (tertiary/aromatic N) is 4. The molecule has 0 aromatic carbocycles. The first kappa shape index (κ1) is 19.3. The van der Waals surface area contributed by atoms with Gasteiger partial charge >= 0.3 is 12.1 Å². The molecule has 0 aromatic rings. The zero-order valence-electron chi connectivity index (χ0n) is 13.8. The van der Waals surface area contributed by atoms with Gasteiger partial charge in [0.15, 0.2) is 0 Å². The molecule has 1 heterocycles. The van der Waals surface area contributed by atoms with Crippen LogP contribution in [0.2, 0.25) is 0 Å². The lowest BCUT2D eigenvalue weighted by molar-refractivity contribution is -0.725. The Balaban J connectivity index is 2.53. The molecular weight excluding hydrogens is 317 g/mol. The molecule has 0 radical (unpaired) electrons. The van der Waals surface area contributed by atoms with E-state index in [2.05, 4.69) is 5.28 Å². The van der Waals surface area contributed by atoms with E-state index >= 15 is 0 Å². The van der Waals surface area contributed by atoms with E-state index in [0.717, 1.165) is 4.90 Å². The second kappa shape index (κ2) is 7.22. The summed E-state index contributed by atoms with van der Waals surface area (Å²) in [5.41, 5.74) is -0.439. The summed E-state index contributed by atoms with van der Waals surface area (Å²) in [7, 11) is 0. The summed E-state index contributed by atoms with van der Waals surface area (Å²) in [5.74, 6) is -1.84. The first-order valence-electron chi connectivity index (χ1n) is 7.44. The highest BCUT2D eigenvalue weighted by atomic mass is 19.4. The Labute approximate surface area is 133 Å². The van der Waals surface area contributed by atoms with E-state index in [0.29, 0.717) is 11.5 Å². The van der Waals surface area contributed by atoms with E-state index in [9.17, 15) is 23.2 Å². The van der Waals surface area contributed by atoms with Crippen molar-refractivity contribution in [1.29, 1.82) is 0 Å². The van der Waals surface area contributed by atoms with Crippen molar-refractivity contribution in [3.63, 3.8) is 0 Å². The van der Waals surface area contributed by atoms with Crippen LogP contribution in [0, 0.1) is 5.21 Å². The molecule has 1 rings (SSSR count). The topological polar surface area (TPSA) is 71.2 Å². The largest absolute Gasteiger partial charge is 0.569 e. The van der Waals surface area contributed by atoms with E-state index in [1.165, 1.54) is 5.01 Å². The van der Waals surface area contributed by atoms with Gasteiger partial charge in [0.05, 0.1) is 17.1 Å². The van der Waals surface area contributed by atoms with Gasteiger partial charge in [-0.25, -0.2) is 0 Å². The molecule has 0 atom stereocenters. The zero-order chi connectivity index (χ0) is 17.8. The summed E-state index contributed by atoms with van der Waals surface area (Å²) >= 11 is 0. The van der Waals surface area contributed by atoms with Gasteiger partial charge in [0.1, 0.15) is 6.10 Å². The number of hydrogen-bond acceptors (Lipinski definition) is 4. The number of halogens is 3. The van der Waals surface area contributed by atoms with Gasteiger partial charge in [0.25, 0.3) is 0 Å². The molecule has 23 heavy (non-hydrogen) atoms. The van der Waals surface area contributed by atoms with Crippen molar-refractivity contribution in [2.75, 3.05) is 19.6 Å². The summed E-state index contributed by atoms with van der Waals surface area (Å²) in [4.78, 5) is 17.3. The van der Waals surface area contributed by atoms with E-state index in [1.54, 1.807) is 6.92 Å². The van der Waals surface area contributed by atoms with Crippen molar-refractivity contribution in [3.8, 4) is 0 Å². The van der Waals surface area contributed by atoms with E-state index in [-0.39, 0.29) is 25.9 Å².